The fourth-order valence-corrected chi connectivity index (χ4v) is 2.80. The number of aliphatic hydroxyl groups excluding tert-OH is 1. The molecule has 1 aromatic carbocycles. The van der Waals surface area contributed by atoms with E-state index >= 15 is 0 Å². The predicted molar refractivity (Wildman–Crippen MR) is 76.2 cm³/mol. The number of nitrogens with zero attached hydrogens (tertiary/aromatic N) is 1. The van der Waals surface area contributed by atoms with Gasteiger partial charge in [0.25, 0.3) is 0 Å². The Hall–Kier alpha value is -0.770. The van der Waals surface area contributed by atoms with Gasteiger partial charge >= 0.3 is 0 Å². The van der Waals surface area contributed by atoms with E-state index < -0.39 is 0 Å². The lowest BCUT2D eigenvalue weighted by Crippen LogP contribution is -2.42. The van der Waals surface area contributed by atoms with Crippen molar-refractivity contribution in [2.75, 3.05) is 25.0 Å². The maximum absolute atomic E-state index is 9.76. The number of hydrogen-bond donors (Lipinski definition) is 2. The second-order valence-electron chi connectivity index (χ2n) is 5.10. The number of rotatable bonds is 3. The minimum Gasteiger partial charge on any atom is -0.393 e. The Morgan fingerprint density at radius 3 is 2.89 bits per heavy atom. The number of halogens is 1. The lowest BCUT2D eigenvalue weighted by Gasteiger charge is -2.36. The van der Waals surface area contributed by atoms with Gasteiger partial charge in [0.15, 0.2) is 0 Å². The summed E-state index contributed by atoms with van der Waals surface area (Å²) in [6.45, 7) is 4.65. The van der Waals surface area contributed by atoms with Crippen LogP contribution in [0.3, 0.4) is 0 Å². The molecule has 1 saturated heterocycles. The number of hydrogen-bond acceptors (Lipinski definition) is 3. The second-order valence-corrected chi connectivity index (χ2v) is 5.50. The Labute approximate surface area is 114 Å². The Morgan fingerprint density at radius 2 is 2.28 bits per heavy atom. The lowest BCUT2D eigenvalue weighted by atomic mass is 9.96. The van der Waals surface area contributed by atoms with E-state index in [1.54, 1.807) is 0 Å². The van der Waals surface area contributed by atoms with Crippen LogP contribution >= 0.6 is 11.6 Å². The fourth-order valence-electron chi connectivity index (χ4n) is 2.47. The molecule has 1 aliphatic rings. The standard InChI is InChI=1S/C14H21ClN2O/c1-10-9-17(6-5-14(10)18)13-4-3-11(8-16-2)7-12(13)15/h3-4,7,10,14,16,18H,5-6,8-9H2,1-2H3. The zero-order chi connectivity index (χ0) is 13.1. The van der Waals surface area contributed by atoms with Crippen LogP contribution < -0.4 is 10.2 Å². The molecule has 2 unspecified atom stereocenters. The molecule has 4 heteroatoms. The molecule has 2 N–H and O–H groups in total. The van der Waals surface area contributed by atoms with Crippen LogP contribution in [0, 0.1) is 5.92 Å². The first kappa shape index (κ1) is 13.7. The summed E-state index contributed by atoms with van der Waals surface area (Å²) < 4.78 is 0. The summed E-state index contributed by atoms with van der Waals surface area (Å²) in [5.74, 6) is 0.298. The third-order valence-corrected chi connectivity index (χ3v) is 3.90. The minimum atomic E-state index is -0.177. The highest BCUT2D eigenvalue weighted by atomic mass is 35.5. The van der Waals surface area contributed by atoms with Gasteiger partial charge < -0.3 is 15.3 Å². The van der Waals surface area contributed by atoms with Gasteiger partial charge in [0, 0.05) is 19.6 Å². The second kappa shape index (κ2) is 5.91. The van der Waals surface area contributed by atoms with Crippen LogP contribution in [0.25, 0.3) is 0 Å². The number of aliphatic hydroxyl groups is 1. The highest BCUT2D eigenvalue weighted by Gasteiger charge is 2.25. The molecule has 0 spiro atoms. The number of nitrogens with one attached hydrogen (secondary N) is 1. The van der Waals surface area contributed by atoms with Crippen LogP contribution in [0.15, 0.2) is 18.2 Å². The van der Waals surface area contributed by atoms with Crippen molar-refractivity contribution < 1.29 is 5.11 Å². The van der Waals surface area contributed by atoms with Crippen LogP contribution in [-0.2, 0) is 6.54 Å². The Balaban J connectivity index is 2.13. The van der Waals surface area contributed by atoms with Crippen molar-refractivity contribution in [2.45, 2.75) is 26.0 Å². The molecule has 2 rings (SSSR count). The van der Waals surface area contributed by atoms with Crippen molar-refractivity contribution in [3.05, 3.63) is 28.8 Å². The molecule has 1 aromatic rings. The maximum atomic E-state index is 9.76. The molecule has 100 valence electrons. The highest BCUT2D eigenvalue weighted by molar-refractivity contribution is 6.33. The largest absolute Gasteiger partial charge is 0.393 e. The summed E-state index contributed by atoms with van der Waals surface area (Å²) in [6.07, 6.45) is 0.638. The summed E-state index contributed by atoms with van der Waals surface area (Å²) in [7, 11) is 1.93. The van der Waals surface area contributed by atoms with Gasteiger partial charge in [-0.3, -0.25) is 0 Å². The first-order chi connectivity index (χ1) is 8.61. The van der Waals surface area contributed by atoms with E-state index in [9.17, 15) is 5.11 Å². The van der Waals surface area contributed by atoms with Crippen molar-refractivity contribution in [1.82, 2.24) is 5.32 Å². The molecule has 3 nitrogen and oxygen atoms in total. The maximum Gasteiger partial charge on any atom is 0.0642 e. The van der Waals surface area contributed by atoms with Gasteiger partial charge in [0.1, 0.15) is 0 Å². The number of benzene rings is 1. The predicted octanol–water partition coefficient (Wildman–Crippen LogP) is 2.27. The molecule has 0 amide bonds. The summed E-state index contributed by atoms with van der Waals surface area (Å²) >= 11 is 6.35. The topological polar surface area (TPSA) is 35.5 Å². The average Bonchev–Trinajstić information content (AvgIpc) is 2.34. The van der Waals surface area contributed by atoms with E-state index in [1.165, 1.54) is 5.56 Å². The summed E-state index contributed by atoms with van der Waals surface area (Å²) in [4.78, 5) is 2.27. The van der Waals surface area contributed by atoms with Gasteiger partial charge in [-0.25, -0.2) is 0 Å². The fraction of sp³-hybridized carbons (Fsp3) is 0.571. The van der Waals surface area contributed by atoms with E-state index in [2.05, 4.69) is 29.3 Å². The van der Waals surface area contributed by atoms with E-state index in [1.807, 2.05) is 13.1 Å². The van der Waals surface area contributed by atoms with E-state index in [0.29, 0.717) is 5.92 Å². The molecule has 2 atom stereocenters. The molecule has 1 aliphatic heterocycles. The monoisotopic (exact) mass is 268 g/mol. The normalized spacial score (nSPS) is 24.3. The number of anilines is 1. The van der Waals surface area contributed by atoms with Crippen LogP contribution in [0.2, 0.25) is 5.02 Å². The van der Waals surface area contributed by atoms with Crippen LogP contribution in [0.4, 0.5) is 5.69 Å². The molecule has 0 bridgehead atoms. The van der Waals surface area contributed by atoms with Gasteiger partial charge in [0.05, 0.1) is 16.8 Å². The first-order valence-corrected chi connectivity index (χ1v) is 6.85. The summed E-state index contributed by atoms with van der Waals surface area (Å²) in [6, 6.07) is 6.20. The van der Waals surface area contributed by atoms with Gasteiger partial charge in [-0.05, 0) is 37.1 Å². The van der Waals surface area contributed by atoms with Crippen molar-refractivity contribution in [3.63, 3.8) is 0 Å². The zero-order valence-electron chi connectivity index (χ0n) is 11.0. The summed E-state index contributed by atoms with van der Waals surface area (Å²) in [5.41, 5.74) is 2.27. The molecule has 0 aromatic heterocycles. The molecule has 1 fully saturated rings. The quantitative estimate of drug-likeness (QED) is 0.883. The van der Waals surface area contributed by atoms with Crippen LogP contribution in [0.1, 0.15) is 18.9 Å². The lowest BCUT2D eigenvalue weighted by molar-refractivity contribution is 0.0971. The van der Waals surface area contributed by atoms with Crippen molar-refractivity contribution in [2.24, 2.45) is 5.92 Å². The molecule has 18 heavy (non-hydrogen) atoms. The zero-order valence-corrected chi connectivity index (χ0v) is 11.7. The van der Waals surface area contributed by atoms with Gasteiger partial charge in [0.2, 0.25) is 0 Å². The van der Waals surface area contributed by atoms with Gasteiger partial charge in [-0.1, -0.05) is 24.6 Å². The van der Waals surface area contributed by atoms with Crippen molar-refractivity contribution in [3.8, 4) is 0 Å². The molecular formula is C14H21ClN2O. The van der Waals surface area contributed by atoms with E-state index in [4.69, 9.17) is 11.6 Å². The molecular weight excluding hydrogens is 248 g/mol. The molecule has 1 heterocycles. The summed E-state index contributed by atoms with van der Waals surface area (Å²) in [5, 5.41) is 13.7. The Bertz CT molecular complexity index is 411. The minimum absolute atomic E-state index is 0.177. The first-order valence-electron chi connectivity index (χ1n) is 6.48. The van der Waals surface area contributed by atoms with Crippen molar-refractivity contribution in [1.29, 1.82) is 0 Å². The van der Waals surface area contributed by atoms with Gasteiger partial charge in [-0.15, -0.1) is 0 Å². The number of piperidine rings is 1. The third-order valence-electron chi connectivity index (χ3n) is 3.59. The average molecular weight is 269 g/mol. The van der Waals surface area contributed by atoms with Crippen LogP contribution in [-0.4, -0.2) is 31.3 Å². The SMILES string of the molecule is CNCc1ccc(N2CCC(O)C(C)C2)c(Cl)c1. The highest BCUT2D eigenvalue weighted by Crippen LogP contribution is 2.30. The van der Waals surface area contributed by atoms with Crippen LogP contribution in [0.5, 0.6) is 0 Å². The molecule has 0 radical (unpaired) electrons. The van der Waals surface area contributed by atoms with Crippen molar-refractivity contribution >= 4 is 17.3 Å². The van der Waals surface area contributed by atoms with E-state index in [-0.39, 0.29) is 6.10 Å². The Morgan fingerprint density at radius 1 is 1.50 bits per heavy atom. The third kappa shape index (κ3) is 2.97. The molecule has 0 aliphatic carbocycles. The molecule has 0 saturated carbocycles. The van der Waals surface area contributed by atoms with E-state index in [0.717, 1.165) is 36.8 Å². The van der Waals surface area contributed by atoms with Gasteiger partial charge in [-0.2, -0.15) is 0 Å². The Kier molecular flexibility index (Phi) is 4.49. The smallest absolute Gasteiger partial charge is 0.0642 e.